The number of piperidine rings is 1. The molecule has 1 unspecified atom stereocenters. The Morgan fingerprint density at radius 3 is 2.00 bits per heavy atom. The first-order valence-corrected chi connectivity index (χ1v) is 4.92. The summed E-state index contributed by atoms with van der Waals surface area (Å²) in [6.07, 6.45) is 5.61. The molecule has 1 aliphatic rings. The zero-order valence-corrected chi connectivity index (χ0v) is 8.65. The highest BCUT2D eigenvalue weighted by Crippen LogP contribution is 2.16. The Hall–Kier alpha value is -0.255. The predicted octanol–water partition coefficient (Wildman–Crippen LogP) is 3.18. The van der Waals surface area contributed by atoms with Crippen molar-refractivity contribution < 1.29 is 17.3 Å². The fourth-order valence-electron chi connectivity index (χ4n) is 1.66. The SMILES string of the molecule is CCC1CCCCN1C.F[B-](F)(F)F. The highest BCUT2D eigenvalue weighted by Gasteiger charge is 2.20. The molecule has 0 N–H and O–H groups in total. The molecule has 0 amide bonds. The van der Waals surface area contributed by atoms with E-state index in [1.807, 2.05) is 0 Å². The standard InChI is InChI=1S/C8H17N.BF4/c1-3-8-6-4-5-7-9(8)2;2-1(3,4)5/h8H,3-7H2,1-2H3;/q;-1. The van der Waals surface area contributed by atoms with Gasteiger partial charge in [0.15, 0.2) is 0 Å². The maximum atomic E-state index is 9.75. The van der Waals surface area contributed by atoms with Crippen LogP contribution >= 0.6 is 0 Å². The van der Waals surface area contributed by atoms with Crippen LogP contribution in [0.3, 0.4) is 0 Å². The third-order valence-corrected chi connectivity index (χ3v) is 2.39. The van der Waals surface area contributed by atoms with Crippen molar-refractivity contribution in [2.75, 3.05) is 13.6 Å². The first-order valence-electron chi connectivity index (χ1n) is 4.92. The molecule has 1 aliphatic heterocycles. The molecule has 14 heavy (non-hydrogen) atoms. The van der Waals surface area contributed by atoms with Crippen LogP contribution in [0.2, 0.25) is 0 Å². The van der Waals surface area contributed by atoms with Gasteiger partial charge in [-0.15, -0.1) is 0 Å². The summed E-state index contributed by atoms with van der Waals surface area (Å²) in [4.78, 5) is 2.49. The number of hydrogen-bond donors (Lipinski definition) is 0. The lowest BCUT2D eigenvalue weighted by atomic mass is 10.0. The predicted molar refractivity (Wildman–Crippen MR) is 50.7 cm³/mol. The minimum Gasteiger partial charge on any atom is -0.418 e. The number of hydrogen-bond acceptors (Lipinski definition) is 1. The van der Waals surface area contributed by atoms with Gasteiger partial charge in [0.25, 0.3) is 0 Å². The summed E-state index contributed by atoms with van der Waals surface area (Å²) >= 11 is 0. The monoisotopic (exact) mass is 214 g/mol. The topological polar surface area (TPSA) is 3.24 Å². The molecule has 1 rings (SSSR count). The van der Waals surface area contributed by atoms with E-state index in [-0.39, 0.29) is 0 Å². The van der Waals surface area contributed by atoms with E-state index in [4.69, 9.17) is 0 Å². The van der Waals surface area contributed by atoms with Gasteiger partial charge in [-0.2, -0.15) is 0 Å². The van der Waals surface area contributed by atoms with E-state index >= 15 is 0 Å². The Balaban J connectivity index is 0.000000292. The van der Waals surface area contributed by atoms with Gasteiger partial charge in [-0.25, -0.2) is 0 Å². The van der Waals surface area contributed by atoms with Crippen molar-refractivity contribution in [3.8, 4) is 0 Å². The first kappa shape index (κ1) is 13.7. The van der Waals surface area contributed by atoms with Crippen LogP contribution in [0.25, 0.3) is 0 Å². The molecular weight excluding hydrogens is 197 g/mol. The van der Waals surface area contributed by atoms with E-state index in [0.29, 0.717) is 0 Å². The molecule has 0 aliphatic carbocycles. The highest BCUT2D eigenvalue weighted by atomic mass is 19.5. The highest BCUT2D eigenvalue weighted by molar-refractivity contribution is 6.50. The molecule has 0 radical (unpaired) electrons. The summed E-state index contributed by atoms with van der Waals surface area (Å²) in [5, 5.41) is 0. The Labute approximate surface area is 82.6 Å². The fourth-order valence-corrected chi connectivity index (χ4v) is 1.66. The molecule has 0 aromatic heterocycles. The van der Waals surface area contributed by atoms with Gasteiger partial charge in [0.2, 0.25) is 0 Å². The summed E-state index contributed by atoms with van der Waals surface area (Å²) in [5.41, 5.74) is 0. The van der Waals surface area contributed by atoms with Gasteiger partial charge in [0.1, 0.15) is 0 Å². The number of halogens is 4. The summed E-state index contributed by atoms with van der Waals surface area (Å²) in [5.74, 6) is 0. The maximum Gasteiger partial charge on any atom is 0.673 e. The molecule has 1 saturated heterocycles. The second-order valence-corrected chi connectivity index (χ2v) is 3.53. The van der Waals surface area contributed by atoms with Crippen LogP contribution in [-0.4, -0.2) is 31.8 Å². The van der Waals surface area contributed by atoms with E-state index in [2.05, 4.69) is 18.9 Å². The lowest BCUT2D eigenvalue weighted by Gasteiger charge is -2.31. The average Bonchev–Trinajstić information content (AvgIpc) is 2.02. The molecule has 1 heterocycles. The molecule has 0 saturated carbocycles. The largest absolute Gasteiger partial charge is 0.673 e. The molecular formula is C8H17BF4N-. The van der Waals surface area contributed by atoms with Crippen molar-refractivity contribution in [1.82, 2.24) is 4.90 Å². The van der Waals surface area contributed by atoms with Crippen molar-refractivity contribution in [2.45, 2.75) is 38.6 Å². The van der Waals surface area contributed by atoms with Crippen LogP contribution in [0, 0.1) is 0 Å². The minimum atomic E-state index is -6.00. The van der Waals surface area contributed by atoms with Gasteiger partial charge in [0.05, 0.1) is 0 Å². The van der Waals surface area contributed by atoms with Crippen LogP contribution < -0.4 is 0 Å². The van der Waals surface area contributed by atoms with Crippen LogP contribution in [0.4, 0.5) is 17.3 Å². The molecule has 0 aromatic carbocycles. The first-order chi connectivity index (χ1) is 6.34. The third kappa shape index (κ3) is 8.35. The molecule has 6 heteroatoms. The van der Waals surface area contributed by atoms with Gasteiger partial charge in [-0.3, -0.25) is 0 Å². The van der Waals surface area contributed by atoms with E-state index in [1.54, 1.807) is 0 Å². The van der Waals surface area contributed by atoms with Crippen molar-refractivity contribution in [3.63, 3.8) is 0 Å². The van der Waals surface area contributed by atoms with Crippen molar-refractivity contribution in [1.29, 1.82) is 0 Å². The summed E-state index contributed by atoms with van der Waals surface area (Å²) in [6, 6.07) is 0.888. The van der Waals surface area contributed by atoms with E-state index < -0.39 is 7.25 Å². The number of likely N-dealkylation sites (tertiary alicyclic amines) is 1. The summed E-state index contributed by atoms with van der Waals surface area (Å²) in [7, 11) is -3.76. The quantitative estimate of drug-likeness (QED) is 0.478. The molecule has 0 spiro atoms. The van der Waals surface area contributed by atoms with Gasteiger partial charge in [0, 0.05) is 6.04 Å². The van der Waals surface area contributed by atoms with Crippen LogP contribution in [-0.2, 0) is 0 Å². The Bertz CT molecular complexity index is 145. The Morgan fingerprint density at radius 2 is 1.71 bits per heavy atom. The van der Waals surface area contributed by atoms with Crippen LogP contribution in [0.1, 0.15) is 32.6 Å². The fraction of sp³-hybridized carbons (Fsp3) is 1.00. The Morgan fingerprint density at radius 1 is 1.21 bits per heavy atom. The average molecular weight is 214 g/mol. The normalized spacial score (nSPS) is 24.0. The van der Waals surface area contributed by atoms with E-state index in [1.165, 1.54) is 32.2 Å². The number of rotatable bonds is 1. The van der Waals surface area contributed by atoms with Crippen molar-refractivity contribution in [3.05, 3.63) is 0 Å². The van der Waals surface area contributed by atoms with Crippen molar-refractivity contribution >= 4 is 7.25 Å². The van der Waals surface area contributed by atoms with Gasteiger partial charge in [-0.1, -0.05) is 13.3 Å². The van der Waals surface area contributed by atoms with Gasteiger partial charge < -0.3 is 22.2 Å². The van der Waals surface area contributed by atoms with E-state index in [9.17, 15) is 17.3 Å². The second kappa shape index (κ2) is 6.27. The lowest BCUT2D eigenvalue weighted by molar-refractivity contribution is 0.181. The zero-order valence-electron chi connectivity index (χ0n) is 8.65. The molecule has 1 fully saturated rings. The molecule has 1 atom stereocenters. The molecule has 1 nitrogen and oxygen atoms in total. The molecule has 0 bridgehead atoms. The smallest absolute Gasteiger partial charge is 0.418 e. The third-order valence-electron chi connectivity index (χ3n) is 2.39. The minimum absolute atomic E-state index is 0.888. The van der Waals surface area contributed by atoms with Gasteiger partial charge in [-0.05, 0) is 32.9 Å². The van der Waals surface area contributed by atoms with Crippen molar-refractivity contribution in [2.24, 2.45) is 0 Å². The zero-order chi connectivity index (χ0) is 11.2. The summed E-state index contributed by atoms with van der Waals surface area (Å²) in [6.45, 7) is 3.60. The van der Waals surface area contributed by atoms with Gasteiger partial charge >= 0.3 is 7.25 Å². The maximum absolute atomic E-state index is 9.75. The van der Waals surface area contributed by atoms with E-state index in [0.717, 1.165) is 6.04 Å². The molecule has 0 aromatic rings. The Kier molecular flexibility index (Phi) is 6.16. The lowest BCUT2D eigenvalue weighted by Crippen LogP contribution is -2.35. The molecule has 86 valence electrons. The second-order valence-electron chi connectivity index (χ2n) is 3.53. The number of nitrogens with zero attached hydrogens (tertiary/aromatic N) is 1. The van der Waals surface area contributed by atoms with Crippen LogP contribution in [0.15, 0.2) is 0 Å². The van der Waals surface area contributed by atoms with Crippen LogP contribution in [0.5, 0.6) is 0 Å². The summed E-state index contributed by atoms with van der Waals surface area (Å²) < 4.78 is 39.0.